The van der Waals surface area contributed by atoms with E-state index in [0.29, 0.717) is 10.2 Å². The maximum absolute atomic E-state index is 12.2. The Morgan fingerprint density at radius 1 is 1.52 bits per heavy atom. The van der Waals surface area contributed by atoms with Crippen LogP contribution in [0, 0.1) is 0 Å². The topological polar surface area (TPSA) is 90.3 Å². The molecule has 23 heavy (non-hydrogen) atoms. The summed E-state index contributed by atoms with van der Waals surface area (Å²) in [6, 6.07) is 1.94. The van der Waals surface area contributed by atoms with Crippen molar-refractivity contribution in [2.75, 3.05) is 0 Å². The predicted octanol–water partition coefficient (Wildman–Crippen LogP) is 1.06. The van der Waals surface area contributed by atoms with E-state index < -0.39 is 12.1 Å². The molecule has 7 nitrogen and oxygen atoms in total. The lowest BCUT2D eigenvalue weighted by Gasteiger charge is -2.13. The number of fused-ring (bicyclic) bond motifs is 1. The van der Waals surface area contributed by atoms with E-state index in [2.05, 4.69) is 10.3 Å². The molecule has 0 aromatic carbocycles. The molecule has 0 saturated heterocycles. The second-order valence-corrected chi connectivity index (χ2v) is 6.44. The van der Waals surface area contributed by atoms with Gasteiger partial charge in [0.05, 0.1) is 18.1 Å². The van der Waals surface area contributed by atoms with Crippen molar-refractivity contribution >= 4 is 33.4 Å². The molecule has 2 aromatic rings. The highest BCUT2D eigenvalue weighted by Crippen LogP contribution is 2.18. The van der Waals surface area contributed by atoms with Gasteiger partial charge in [0.25, 0.3) is 11.5 Å². The number of hydrogen-bond acceptors (Lipinski definition) is 6. The van der Waals surface area contributed by atoms with Crippen molar-refractivity contribution in [1.29, 1.82) is 0 Å². The van der Waals surface area contributed by atoms with Crippen LogP contribution in [0.5, 0.6) is 0 Å². The molecule has 2 heterocycles. The van der Waals surface area contributed by atoms with E-state index in [-0.39, 0.29) is 30.5 Å². The summed E-state index contributed by atoms with van der Waals surface area (Å²) < 4.78 is 6.47. The SMILES string of the molecule is CC(OC(=O)CCn1cnc2sccc2c1=O)C(=O)NC1CC1. The zero-order valence-electron chi connectivity index (χ0n) is 12.7. The molecule has 0 radical (unpaired) electrons. The third kappa shape index (κ3) is 3.76. The quantitative estimate of drug-likeness (QED) is 0.797. The summed E-state index contributed by atoms with van der Waals surface area (Å²) >= 11 is 1.40. The van der Waals surface area contributed by atoms with Crippen LogP contribution < -0.4 is 10.9 Å². The highest BCUT2D eigenvalue weighted by molar-refractivity contribution is 7.16. The second kappa shape index (κ2) is 6.49. The van der Waals surface area contributed by atoms with Crippen LogP contribution in [0.1, 0.15) is 26.2 Å². The first-order chi connectivity index (χ1) is 11.0. The number of nitrogens with one attached hydrogen (secondary N) is 1. The minimum Gasteiger partial charge on any atom is -0.452 e. The summed E-state index contributed by atoms with van der Waals surface area (Å²) in [5.74, 6) is -0.792. The highest BCUT2D eigenvalue weighted by Gasteiger charge is 2.27. The third-order valence-corrected chi connectivity index (χ3v) is 4.43. The average molecular weight is 335 g/mol. The van der Waals surface area contributed by atoms with Crippen molar-refractivity contribution < 1.29 is 14.3 Å². The molecule has 1 N–H and O–H groups in total. The number of nitrogens with zero attached hydrogens (tertiary/aromatic N) is 2. The van der Waals surface area contributed by atoms with Crippen molar-refractivity contribution in [1.82, 2.24) is 14.9 Å². The number of esters is 1. The zero-order valence-corrected chi connectivity index (χ0v) is 13.5. The van der Waals surface area contributed by atoms with Gasteiger partial charge in [-0.25, -0.2) is 4.98 Å². The average Bonchev–Trinajstić information content (AvgIpc) is 3.19. The van der Waals surface area contributed by atoms with Gasteiger partial charge in [-0.1, -0.05) is 0 Å². The highest BCUT2D eigenvalue weighted by atomic mass is 32.1. The van der Waals surface area contributed by atoms with Gasteiger partial charge in [0.1, 0.15) is 4.83 Å². The Bertz CT molecular complexity index is 793. The van der Waals surface area contributed by atoms with E-state index in [1.54, 1.807) is 18.4 Å². The Kier molecular flexibility index (Phi) is 4.42. The summed E-state index contributed by atoms with van der Waals surface area (Å²) in [4.78, 5) is 40.6. The van der Waals surface area contributed by atoms with Crippen molar-refractivity contribution in [2.45, 2.75) is 44.9 Å². The van der Waals surface area contributed by atoms with Gasteiger partial charge in [-0.2, -0.15) is 0 Å². The van der Waals surface area contributed by atoms with Gasteiger partial charge >= 0.3 is 5.97 Å². The molecule has 122 valence electrons. The molecule has 1 unspecified atom stereocenters. The van der Waals surface area contributed by atoms with E-state index in [0.717, 1.165) is 12.8 Å². The summed E-state index contributed by atoms with van der Waals surface area (Å²) in [7, 11) is 0. The first-order valence-electron chi connectivity index (χ1n) is 7.47. The molecule has 1 saturated carbocycles. The molecule has 2 aromatic heterocycles. The van der Waals surface area contributed by atoms with Crippen LogP contribution in [-0.4, -0.2) is 33.6 Å². The van der Waals surface area contributed by atoms with Crippen LogP contribution in [0.4, 0.5) is 0 Å². The molecule has 3 rings (SSSR count). The van der Waals surface area contributed by atoms with Crippen molar-refractivity contribution in [3.63, 3.8) is 0 Å². The number of rotatable bonds is 6. The molecular formula is C15H17N3O4S. The second-order valence-electron chi connectivity index (χ2n) is 5.55. The van der Waals surface area contributed by atoms with Crippen LogP contribution in [-0.2, 0) is 20.9 Å². The summed E-state index contributed by atoms with van der Waals surface area (Å²) in [6.45, 7) is 1.72. The molecule has 1 aliphatic rings. The van der Waals surface area contributed by atoms with Gasteiger partial charge in [-0.05, 0) is 31.2 Å². The van der Waals surface area contributed by atoms with E-state index in [1.165, 1.54) is 22.2 Å². The maximum atomic E-state index is 12.2. The summed E-state index contributed by atoms with van der Waals surface area (Å²) in [5.41, 5.74) is -0.177. The van der Waals surface area contributed by atoms with Gasteiger partial charge in [0.2, 0.25) is 0 Å². The number of aromatic nitrogens is 2. The Morgan fingerprint density at radius 2 is 2.30 bits per heavy atom. The Morgan fingerprint density at radius 3 is 3.04 bits per heavy atom. The fraction of sp³-hybridized carbons (Fsp3) is 0.467. The first-order valence-corrected chi connectivity index (χ1v) is 8.35. The monoisotopic (exact) mass is 335 g/mol. The number of aryl methyl sites for hydroxylation is 1. The number of carbonyl (C=O) groups is 2. The Balaban J connectivity index is 1.54. The van der Waals surface area contributed by atoms with Crippen LogP contribution in [0.2, 0.25) is 0 Å². The fourth-order valence-electron chi connectivity index (χ4n) is 2.12. The van der Waals surface area contributed by atoms with Crippen molar-refractivity contribution in [2.24, 2.45) is 0 Å². The van der Waals surface area contributed by atoms with Crippen LogP contribution in [0.3, 0.4) is 0 Å². The Hall–Kier alpha value is -2.22. The van der Waals surface area contributed by atoms with Crippen LogP contribution in [0.25, 0.3) is 10.2 Å². The zero-order chi connectivity index (χ0) is 16.4. The minimum absolute atomic E-state index is 0.0122. The number of hydrogen-bond donors (Lipinski definition) is 1. The molecule has 8 heteroatoms. The smallest absolute Gasteiger partial charge is 0.308 e. The molecular weight excluding hydrogens is 318 g/mol. The van der Waals surface area contributed by atoms with E-state index in [4.69, 9.17) is 4.74 Å². The van der Waals surface area contributed by atoms with Gasteiger partial charge < -0.3 is 10.1 Å². The van der Waals surface area contributed by atoms with Gasteiger partial charge in [-0.15, -0.1) is 11.3 Å². The maximum Gasteiger partial charge on any atom is 0.308 e. The number of ether oxygens (including phenoxy) is 1. The largest absolute Gasteiger partial charge is 0.452 e. The fourth-order valence-corrected chi connectivity index (χ4v) is 2.84. The van der Waals surface area contributed by atoms with Gasteiger partial charge in [-0.3, -0.25) is 19.0 Å². The third-order valence-electron chi connectivity index (χ3n) is 3.61. The van der Waals surface area contributed by atoms with Crippen molar-refractivity contribution in [3.8, 4) is 0 Å². The lowest BCUT2D eigenvalue weighted by atomic mass is 10.3. The number of thiophene rings is 1. The van der Waals surface area contributed by atoms with Crippen molar-refractivity contribution in [3.05, 3.63) is 28.1 Å². The van der Waals surface area contributed by atoms with E-state index in [1.807, 2.05) is 0 Å². The normalized spacial score (nSPS) is 15.3. The molecule has 0 bridgehead atoms. The lowest BCUT2D eigenvalue weighted by molar-refractivity contribution is -0.155. The standard InChI is InChI=1S/C15H17N3O4S/c1-9(13(20)17-10-2-3-10)22-12(19)4-6-18-8-16-14-11(15(18)21)5-7-23-14/h5,7-10H,2-4,6H2,1H3,(H,17,20). The minimum atomic E-state index is -0.822. The Labute approximate surface area is 136 Å². The lowest BCUT2D eigenvalue weighted by Crippen LogP contribution is -2.37. The molecule has 0 spiro atoms. The van der Waals surface area contributed by atoms with E-state index >= 15 is 0 Å². The molecule has 1 amide bonds. The predicted molar refractivity (Wildman–Crippen MR) is 85.2 cm³/mol. The van der Waals surface area contributed by atoms with Gasteiger partial charge in [0.15, 0.2) is 6.10 Å². The summed E-state index contributed by atoms with van der Waals surface area (Å²) in [5, 5.41) is 5.13. The molecule has 1 aliphatic carbocycles. The molecule has 0 aliphatic heterocycles. The van der Waals surface area contributed by atoms with E-state index in [9.17, 15) is 14.4 Å². The van der Waals surface area contributed by atoms with Crippen LogP contribution in [0.15, 0.2) is 22.6 Å². The summed E-state index contributed by atoms with van der Waals surface area (Å²) in [6.07, 6.45) is 2.58. The van der Waals surface area contributed by atoms with Gasteiger partial charge in [0, 0.05) is 12.6 Å². The number of amides is 1. The molecule has 1 atom stereocenters. The number of carbonyl (C=O) groups excluding carboxylic acids is 2. The molecule has 1 fully saturated rings. The van der Waals surface area contributed by atoms with Crippen LogP contribution >= 0.6 is 11.3 Å². The first kappa shape index (κ1) is 15.7.